The molecule has 0 atom stereocenters. The summed E-state index contributed by atoms with van der Waals surface area (Å²) in [5, 5.41) is 14.7. The molecule has 0 aliphatic carbocycles. The van der Waals surface area contributed by atoms with Gasteiger partial charge in [-0.25, -0.2) is 0 Å². The fourth-order valence-electron chi connectivity index (χ4n) is 4.46. The van der Waals surface area contributed by atoms with Crippen LogP contribution >= 0.6 is 7.14 Å². The quantitative estimate of drug-likeness (QED) is 0.198. The highest BCUT2D eigenvalue weighted by Crippen LogP contribution is 2.47. The first-order valence-electron chi connectivity index (χ1n) is 11.2. The van der Waals surface area contributed by atoms with Gasteiger partial charge in [0.05, 0.1) is 0 Å². The van der Waals surface area contributed by atoms with E-state index in [1.54, 1.807) is 18.2 Å². The molecule has 5 heteroatoms. The molecule has 0 aromatic heterocycles. The predicted molar refractivity (Wildman–Crippen MR) is 142 cm³/mol. The second kappa shape index (κ2) is 9.25. The van der Waals surface area contributed by atoms with Crippen LogP contribution in [0.3, 0.4) is 0 Å². The Kier molecular flexibility index (Phi) is 5.98. The molecule has 0 aliphatic rings. The van der Waals surface area contributed by atoms with Crippen molar-refractivity contribution >= 4 is 39.8 Å². The van der Waals surface area contributed by atoms with Crippen LogP contribution in [0, 0.1) is 0 Å². The summed E-state index contributed by atoms with van der Waals surface area (Å²) < 4.78 is 20.4. The first-order chi connectivity index (χ1) is 17.0. The van der Waals surface area contributed by atoms with E-state index in [0.29, 0.717) is 38.2 Å². The van der Waals surface area contributed by atoms with Crippen LogP contribution in [-0.4, -0.2) is 11.1 Å². The van der Waals surface area contributed by atoms with Crippen LogP contribution in [-0.2, 0) is 9.36 Å². The molecule has 0 aliphatic heterocycles. The van der Waals surface area contributed by atoms with E-state index in [2.05, 4.69) is 0 Å². The lowest BCUT2D eigenvalue weighted by Crippen LogP contribution is -2.26. The highest BCUT2D eigenvalue weighted by atomic mass is 31.2. The summed E-state index contributed by atoms with van der Waals surface area (Å²) in [5.41, 5.74) is 1.20. The molecule has 35 heavy (non-hydrogen) atoms. The monoisotopic (exact) mass is 478 g/mol. The zero-order valence-corrected chi connectivity index (χ0v) is 20.0. The molecule has 4 nitrogen and oxygen atoms in total. The molecule has 5 aromatic carbocycles. The van der Waals surface area contributed by atoms with Gasteiger partial charge in [-0.2, -0.15) is 0 Å². The van der Waals surface area contributed by atoms with Gasteiger partial charge in [-0.1, -0.05) is 97.1 Å². The van der Waals surface area contributed by atoms with Crippen molar-refractivity contribution in [3.63, 3.8) is 0 Å². The average Bonchev–Trinajstić information content (AvgIpc) is 2.89. The number of ether oxygens (including phenoxy) is 1. The Morgan fingerprint density at radius 3 is 1.94 bits per heavy atom. The summed E-state index contributed by atoms with van der Waals surface area (Å²) in [7, 11) is -3.31. The SMILES string of the molecule is CC(=O)Oc1ccc2ccc(O)c(-c3ccccc3P(=O)(c3ccccc3)c3ccccc3)c2c1. The third-order valence-electron chi connectivity index (χ3n) is 5.98. The normalized spacial score (nSPS) is 11.3. The van der Waals surface area contributed by atoms with Crippen molar-refractivity contribution in [1.82, 2.24) is 0 Å². The molecular formula is C30H23O4P. The Morgan fingerprint density at radius 2 is 1.31 bits per heavy atom. The summed E-state index contributed by atoms with van der Waals surface area (Å²) >= 11 is 0. The number of carbonyl (C=O) groups excluding carboxylic acids is 1. The molecule has 0 amide bonds. The van der Waals surface area contributed by atoms with Crippen molar-refractivity contribution in [2.24, 2.45) is 0 Å². The van der Waals surface area contributed by atoms with Gasteiger partial charge in [-0.05, 0) is 34.5 Å². The van der Waals surface area contributed by atoms with Gasteiger partial charge in [0, 0.05) is 28.4 Å². The molecule has 0 radical (unpaired) electrons. The highest BCUT2D eigenvalue weighted by molar-refractivity contribution is 7.85. The van der Waals surface area contributed by atoms with Gasteiger partial charge in [-0.15, -0.1) is 0 Å². The van der Waals surface area contributed by atoms with Gasteiger partial charge in [0.15, 0.2) is 7.14 Å². The van der Waals surface area contributed by atoms with E-state index in [1.165, 1.54) is 6.92 Å². The van der Waals surface area contributed by atoms with Crippen LogP contribution in [0.2, 0.25) is 0 Å². The van der Waals surface area contributed by atoms with Crippen LogP contribution in [0.4, 0.5) is 0 Å². The zero-order valence-electron chi connectivity index (χ0n) is 19.1. The Labute approximate surface area is 203 Å². The van der Waals surface area contributed by atoms with Crippen LogP contribution in [0.1, 0.15) is 6.92 Å². The molecule has 0 unspecified atom stereocenters. The van der Waals surface area contributed by atoms with Crippen molar-refractivity contribution in [2.75, 3.05) is 0 Å². The average molecular weight is 478 g/mol. The molecule has 5 rings (SSSR count). The first kappa shape index (κ1) is 22.6. The molecule has 0 saturated carbocycles. The smallest absolute Gasteiger partial charge is 0.308 e. The molecular weight excluding hydrogens is 455 g/mol. The standard InChI is InChI=1S/C30H23O4P/c1-21(31)34-23-18-16-22-17-19-28(32)30(27(22)20-23)26-14-8-9-15-29(26)35(33,24-10-4-2-5-11-24)25-12-6-3-7-13-25/h2-20,32H,1H3. The van der Waals surface area contributed by atoms with Gasteiger partial charge in [0.2, 0.25) is 0 Å². The van der Waals surface area contributed by atoms with E-state index in [4.69, 9.17) is 4.74 Å². The number of phenolic OH excluding ortho intramolecular Hbond substituents is 1. The van der Waals surface area contributed by atoms with Gasteiger partial charge >= 0.3 is 5.97 Å². The lowest BCUT2D eigenvalue weighted by Gasteiger charge is -2.23. The van der Waals surface area contributed by atoms with E-state index < -0.39 is 13.1 Å². The largest absolute Gasteiger partial charge is 0.507 e. The lowest BCUT2D eigenvalue weighted by molar-refractivity contribution is -0.131. The maximum atomic E-state index is 15.1. The number of rotatable bonds is 5. The second-order valence-corrected chi connectivity index (χ2v) is 11.0. The number of fused-ring (bicyclic) bond motifs is 1. The molecule has 172 valence electrons. The molecule has 0 fully saturated rings. The van der Waals surface area contributed by atoms with E-state index in [1.807, 2.05) is 97.1 Å². The van der Waals surface area contributed by atoms with Gasteiger partial charge in [-0.3, -0.25) is 4.79 Å². The predicted octanol–water partition coefficient (Wildman–Crippen LogP) is 5.78. The fourth-order valence-corrected chi connectivity index (χ4v) is 7.32. The van der Waals surface area contributed by atoms with Crippen LogP contribution in [0.25, 0.3) is 21.9 Å². The third-order valence-corrected chi connectivity index (χ3v) is 9.10. The summed E-state index contributed by atoms with van der Waals surface area (Å²) in [6, 6.07) is 35.1. The van der Waals surface area contributed by atoms with E-state index in [-0.39, 0.29) is 5.75 Å². The van der Waals surface area contributed by atoms with Gasteiger partial charge in [0.25, 0.3) is 0 Å². The molecule has 0 bridgehead atoms. The molecule has 0 heterocycles. The zero-order chi connectivity index (χ0) is 24.4. The molecule has 5 aromatic rings. The number of benzene rings is 5. The number of esters is 1. The Balaban J connectivity index is 1.84. The van der Waals surface area contributed by atoms with Crippen LogP contribution in [0.15, 0.2) is 115 Å². The van der Waals surface area contributed by atoms with Crippen molar-refractivity contribution in [3.05, 3.63) is 115 Å². The highest BCUT2D eigenvalue weighted by Gasteiger charge is 2.32. The topological polar surface area (TPSA) is 63.6 Å². The Hall–Kier alpha value is -4.14. The van der Waals surface area contributed by atoms with E-state index in [9.17, 15) is 9.90 Å². The lowest BCUT2D eigenvalue weighted by atomic mass is 9.97. The minimum Gasteiger partial charge on any atom is -0.507 e. The van der Waals surface area contributed by atoms with Crippen molar-refractivity contribution in [1.29, 1.82) is 0 Å². The molecule has 0 saturated heterocycles. The van der Waals surface area contributed by atoms with Crippen molar-refractivity contribution in [2.45, 2.75) is 6.92 Å². The van der Waals surface area contributed by atoms with Crippen LogP contribution in [0.5, 0.6) is 11.5 Å². The molecule has 1 N–H and O–H groups in total. The Bertz CT molecular complexity index is 1530. The third kappa shape index (κ3) is 4.14. The molecule has 0 spiro atoms. The summed E-state index contributed by atoms with van der Waals surface area (Å²) in [6.07, 6.45) is 0. The van der Waals surface area contributed by atoms with Crippen molar-refractivity contribution in [3.8, 4) is 22.6 Å². The number of hydrogen-bond donors (Lipinski definition) is 1. The number of carbonyl (C=O) groups is 1. The van der Waals surface area contributed by atoms with Crippen molar-refractivity contribution < 1.29 is 19.2 Å². The van der Waals surface area contributed by atoms with E-state index >= 15 is 4.57 Å². The second-order valence-electron chi connectivity index (χ2n) is 8.23. The summed E-state index contributed by atoms with van der Waals surface area (Å²) in [5.74, 6) is 0.00494. The number of hydrogen-bond acceptors (Lipinski definition) is 4. The fraction of sp³-hybridized carbons (Fsp3) is 0.0333. The Morgan fingerprint density at radius 1 is 0.743 bits per heavy atom. The summed E-state index contributed by atoms with van der Waals surface area (Å²) in [6.45, 7) is 1.35. The van der Waals surface area contributed by atoms with E-state index in [0.717, 1.165) is 5.39 Å². The number of phenols is 1. The maximum absolute atomic E-state index is 15.1. The summed E-state index contributed by atoms with van der Waals surface area (Å²) in [4.78, 5) is 11.6. The minimum atomic E-state index is -3.31. The first-order valence-corrected chi connectivity index (χ1v) is 12.9. The number of aromatic hydroxyl groups is 1. The van der Waals surface area contributed by atoms with Crippen LogP contribution < -0.4 is 20.7 Å². The van der Waals surface area contributed by atoms with Gasteiger partial charge in [0.1, 0.15) is 11.5 Å². The minimum absolute atomic E-state index is 0.0533. The van der Waals surface area contributed by atoms with Gasteiger partial charge < -0.3 is 14.4 Å². The maximum Gasteiger partial charge on any atom is 0.308 e.